The summed E-state index contributed by atoms with van der Waals surface area (Å²) in [7, 11) is 0. The molecule has 4 N–H and O–H groups in total. The van der Waals surface area contributed by atoms with Crippen molar-refractivity contribution in [2.24, 2.45) is 0 Å². The molecule has 1 heterocycles. The zero-order chi connectivity index (χ0) is 15.4. The van der Waals surface area contributed by atoms with Crippen molar-refractivity contribution in [3.8, 4) is 0 Å². The van der Waals surface area contributed by atoms with Gasteiger partial charge in [0.25, 0.3) is 0 Å². The third kappa shape index (κ3) is 3.48. The lowest BCUT2D eigenvalue weighted by Crippen LogP contribution is -2.10. The van der Waals surface area contributed by atoms with Crippen molar-refractivity contribution in [1.29, 1.82) is 0 Å². The highest BCUT2D eigenvalue weighted by Gasteiger charge is 2.23. The maximum absolute atomic E-state index is 11.1. The van der Waals surface area contributed by atoms with E-state index in [0.717, 1.165) is 0 Å². The van der Waals surface area contributed by atoms with Gasteiger partial charge in [0.15, 0.2) is 0 Å². The number of nitrogen functional groups attached to an aromatic ring is 1. The molecule has 0 radical (unpaired) electrons. The summed E-state index contributed by atoms with van der Waals surface area (Å²) in [5.41, 5.74) is 5.82. The predicted molar refractivity (Wildman–Crippen MR) is 82.0 cm³/mol. The fraction of sp³-hybridized carbons (Fsp3) is 0.167. The standard InChI is InChI=1S/C12H13ClN6O2/c1-2-15-12-17-10(14)9(19(20)21)11(18-12)16-8-5-3-4-7(13)6-8/h3-6H,2H2,1H3,(H4,14,15,16,17,18). The van der Waals surface area contributed by atoms with Gasteiger partial charge in [0, 0.05) is 17.3 Å². The molecule has 2 aromatic rings. The van der Waals surface area contributed by atoms with Crippen LogP contribution in [0.3, 0.4) is 0 Å². The fourth-order valence-corrected chi connectivity index (χ4v) is 1.87. The van der Waals surface area contributed by atoms with Gasteiger partial charge >= 0.3 is 5.69 Å². The quantitative estimate of drug-likeness (QED) is 0.574. The summed E-state index contributed by atoms with van der Waals surface area (Å²) in [4.78, 5) is 18.4. The maximum Gasteiger partial charge on any atom is 0.353 e. The molecule has 0 fully saturated rings. The molecular weight excluding hydrogens is 296 g/mol. The summed E-state index contributed by atoms with van der Waals surface area (Å²) in [6.45, 7) is 2.42. The number of anilines is 4. The van der Waals surface area contributed by atoms with Gasteiger partial charge in [-0.15, -0.1) is 0 Å². The van der Waals surface area contributed by atoms with Crippen molar-refractivity contribution in [3.05, 3.63) is 39.4 Å². The summed E-state index contributed by atoms with van der Waals surface area (Å²) >= 11 is 5.88. The number of hydrogen-bond donors (Lipinski definition) is 3. The number of nitrogens with one attached hydrogen (secondary N) is 2. The molecule has 110 valence electrons. The van der Waals surface area contributed by atoms with Crippen molar-refractivity contribution >= 4 is 40.6 Å². The fourth-order valence-electron chi connectivity index (χ4n) is 1.68. The Balaban J connectivity index is 2.46. The number of hydrogen-bond acceptors (Lipinski definition) is 7. The van der Waals surface area contributed by atoms with Crippen LogP contribution < -0.4 is 16.4 Å². The smallest absolute Gasteiger partial charge is 0.353 e. The number of nitrogens with two attached hydrogens (primary N) is 1. The Kier molecular flexibility index (Phi) is 4.39. The Labute approximate surface area is 125 Å². The lowest BCUT2D eigenvalue weighted by Gasteiger charge is -2.10. The average Bonchev–Trinajstić information content (AvgIpc) is 2.38. The largest absolute Gasteiger partial charge is 0.378 e. The van der Waals surface area contributed by atoms with E-state index >= 15 is 0 Å². The van der Waals surface area contributed by atoms with Crippen molar-refractivity contribution < 1.29 is 4.92 Å². The first-order valence-corrected chi connectivity index (χ1v) is 6.47. The molecule has 0 saturated heterocycles. The maximum atomic E-state index is 11.1. The van der Waals surface area contributed by atoms with Gasteiger partial charge in [-0.2, -0.15) is 9.97 Å². The third-order valence-electron chi connectivity index (χ3n) is 2.52. The van der Waals surface area contributed by atoms with E-state index in [4.69, 9.17) is 17.3 Å². The topological polar surface area (TPSA) is 119 Å². The van der Waals surface area contributed by atoms with Crippen LogP contribution >= 0.6 is 11.6 Å². The van der Waals surface area contributed by atoms with Crippen LogP contribution in [-0.2, 0) is 0 Å². The summed E-state index contributed by atoms with van der Waals surface area (Å²) in [6.07, 6.45) is 0. The van der Waals surface area contributed by atoms with Gasteiger partial charge < -0.3 is 16.4 Å². The van der Waals surface area contributed by atoms with Crippen LogP contribution in [-0.4, -0.2) is 21.4 Å². The number of aromatic nitrogens is 2. The highest BCUT2D eigenvalue weighted by molar-refractivity contribution is 6.30. The highest BCUT2D eigenvalue weighted by Crippen LogP contribution is 2.31. The molecular formula is C12H13ClN6O2. The number of nitrogens with zero attached hydrogens (tertiary/aromatic N) is 3. The van der Waals surface area contributed by atoms with E-state index in [-0.39, 0.29) is 23.3 Å². The van der Waals surface area contributed by atoms with Crippen molar-refractivity contribution in [1.82, 2.24) is 9.97 Å². The van der Waals surface area contributed by atoms with Crippen LogP contribution in [0.15, 0.2) is 24.3 Å². The molecule has 9 heteroatoms. The first-order valence-electron chi connectivity index (χ1n) is 6.09. The van der Waals surface area contributed by atoms with Crippen LogP contribution in [0.4, 0.5) is 29.0 Å². The predicted octanol–water partition coefficient (Wildman–Crippen LogP) is 2.80. The SMILES string of the molecule is CCNc1nc(N)c([N+](=O)[O-])c(Nc2cccc(Cl)c2)n1. The van der Waals surface area contributed by atoms with E-state index in [0.29, 0.717) is 17.3 Å². The summed E-state index contributed by atoms with van der Waals surface area (Å²) in [5.74, 6) is 0.00585. The van der Waals surface area contributed by atoms with E-state index in [1.807, 2.05) is 6.92 Å². The highest BCUT2D eigenvalue weighted by atomic mass is 35.5. The summed E-state index contributed by atoms with van der Waals surface area (Å²) < 4.78 is 0. The van der Waals surface area contributed by atoms with Crippen LogP contribution in [0, 0.1) is 10.1 Å². The molecule has 1 aromatic heterocycles. The monoisotopic (exact) mass is 308 g/mol. The van der Waals surface area contributed by atoms with Crippen LogP contribution in [0.2, 0.25) is 5.02 Å². The Morgan fingerprint density at radius 1 is 1.43 bits per heavy atom. The second-order valence-corrected chi connectivity index (χ2v) is 4.49. The Bertz CT molecular complexity index is 679. The second-order valence-electron chi connectivity index (χ2n) is 4.05. The van der Waals surface area contributed by atoms with E-state index in [9.17, 15) is 10.1 Å². The molecule has 8 nitrogen and oxygen atoms in total. The van der Waals surface area contributed by atoms with Crippen LogP contribution in [0.1, 0.15) is 6.92 Å². The van der Waals surface area contributed by atoms with Gasteiger partial charge in [-0.05, 0) is 25.1 Å². The second kappa shape index (κ2) is 6.23. The molecule has 0 unspecified atom stereocenters. The van der Waals surface area contributed by atoms with Crippen molar-refractivity contribution in [3.63, 3.8) is 0 Å². The number of nitro groups is 1. The zero-order valence-corrected chi connectivity index (χ0v) is 11.9. The Morgan fingerprint density at radius 3 is 2.81 bits per heavy atom. The van der Waals surface area contributed by atoms with Crippen molar-refractivity contribution in [2.45, 2.75) is 6.92 Å². The molecule has 0 saturated carbocycles. The molecule has 0 atom stereocenters. The average molecular weight is 309 g/mol. The first-order chi connectivity index (χ1) is 10.0. The molecule has 0 aliphatic carbocycles. The molecule has 21 heavy (non-hydrogen) atoms. The normalized spacial score (nSPS) is 10.2. The number of halogens is 1. The van der Waals surface area contributed by atoms with Gasteiger partial charge in [-0.1, -0.05) is 17.7 Å². The molecule has 0 spiro atoms. The minimum atomic E-state index is -0.627. The lowest BCUT2D eigenvalue weighted by atomic mass is 10.3. The first kappa shape index (κ1) is 14.8. The van der Waals surface area contributed by atoms with Gasteiger partial charge in [-0.3, -0.25) is 10.1 Å². The number of rotatable bonds is 5. The van der Waals surface area contributed by atoms with Crippen LogP contribution in [0.5, 0.6) is 0 Å². The molecule has 0 aliphatic rings. The van der Waals surface area contributed by atoms with Crippen molar-refractivity contribution in [2.75, 3.05) is 22.9 Å². The van der Waals surface area contributed by atoms with E-state index in [2.05, 4.69) is 20.6 Å². The van der Waals surface area contributed by atoms with Gasteiger partial charge in [0.1, 0.15) is 0 Å². The third-order valence-corrected chi connectivity index (χ3v) is 2.75. The Hall–Kier alpha value is -2.61. The molecule has 0 aliphatic heterocycles. The van der Waals surface area contributed by atoms with Gasteiger partial charge in [0.05, 0.1) is 4.92 Å². The molecule has 2 rings (SSSR count). The Morgan fingerprint density at radius 2 is 2.19 bits per heavy atom. The summed E-state index contributed by atoms with van der Waals surface area (Å²) in [6, 6.07) is 6.74. The minimum absolute atomic E-state index is 0.00529. The molecule has 0 amide bonds. The van der Waals surface area contributed by atoms with Crippen LogP contribution in [0.25, 0.3) is 0 Å². The molecule has 1 aromatic carbocycles. The van der Waals surface area contributed by atoms with E-state index < -0.39 is 4.92 Å². The zero-order valence-electron chi connectivity index (χ0n) is 11.1. The van der Waals surface area contributed by atoms with E-state index in [1.165, 1.54) is 0 Å². The van der Waals surface area contributed by atoms with Gasteiger partial charge in [-0.25, -0.2) is 0 Å². The summed E-state index contributed by atoms with van der Waals surface area (Å²) in [5, 5.41) is 17.3. The number of benzene rings is 1. The molecule has 0 bridgehead atoms. The minimum Gasteiger partial charge on any atom is -0.378 e. The lowest BCUT2D eigenvalue weighted by molar-refractivity contribution is -0.383. The van der Waals surface area contributed by atoms with E-state index in [1.54, 1.807) is 24.3 Å². The van der Waals surface area contributed by atoms with Gasteiger partial charge in [0.2, 0.25) is 17.6 Å².